The van der Waals surface area contributed by atoms with E-state index in [1.165, 1.54) is 60.2 Å². The zero-order chi connectivity index (χ0) is 17.5. The minimum absolute atomic E-state index is 0. The molecule has 0 saturated heterocycles. The molecule has 0 rings (SSSR count). The van der Waals surface area contributed by atoms with Crippen molar-refractivity contribution in [1.29, 1.82) is 0 Å². The predicted molar refractivity (Wildman–Crippen MR) is 113 cm³/mol. The smallest absolute Gasteiger partial charge is 0.0402 e. The topological polar surface area (TPSA) is 51.7 Å². The van der Waals surface area contributed by atoms with Crippen LogP contribution in [0.4, 0.5) is 0 Å². The Labute approximate surface area is 168 Å². The number of hydrogen-bond acceptors (Lipinski definition) is 1. The molecule has 0 aromatic rings. The van der Waals surface area contributed by atoms with Crippen molar-refractivity contribution in [1.82, 2.24) is 0 Å². The molecule has 3 radical (unpaired) electrons. The number of rotatable bonds is 12. The third-order valence-electron chi connectivity index (χ3n) is 3.02. The summed E-state index contributed by atoms with van der Waals surface area (Å²) in [6.07, 6.45) is 11.2. The van der Waals surface area contributed by atoms with Gasteiger partial charge in [-0.05, 0) is 6.92 Å². The van der Waals surface area contributed by atoms with Gasteiger partial charge in [-0.25, -0.2) is 0 Å². The second-order valence-electron chi connectivity index (χ2n) is 5.50. The van der Waals surface area contributed by atoms with Gasteiger partial charge in [0.1, 0.15) is 0 Å². The molecule has 0 aliphatic rings. The number of halogens is 1. The molecule has 0 aliphatic heterocycles. The van der Waals surface area contributed by atoms with Crippen molar-refractivity contribution < 1.29 is 10.6 Å². The first-order valence-corrected chi connectivity index (χ1v) is 21.1. The van der Waals surface area contributed by atoms with E-state index in [4.69, 9.17) is 14.0 Å². The Hall–Kier alpha value is 1.81. The summed E-state index contributed by atoms with van der Waals surface area (Å²) >= 11 is -1.12. The molecule has 0 fully saturated rings. The summed E-state index contributed by atoms with van der Waals surface area (Å²) in [5.41, 5.74) is 0. The molecule has 5 heteroatoms. The Bertz CT molecular complexity index is 150. The minimum atomic E-state index is -1.27. The van der Waals surface area contributed by atoms with Crippen LogP contribution in [0.25, 0.3) is 0 Å². The number of hydrogen-bond donors (Lipinski definition) is 1. The first-order valence-electron chi connectivity index (χ1n) is 9.45. The monoisotopic (exact) mass is 567 g/mol. The van der Waals surface area contributed by atoms with Crippen LogP contribution in [0.15, 0.2) is 0 Å². The summed E-state index contributed by atoms with van der Waals surface area (Å²) in [6.45, 7) is 11.0. The molecule has 0 heterocycles. The van der Waals surface area contributed by atoms with E-state index >= 15 is 0 Å². The van der Waals surface area contributed by atoms with Gasteiger partial charge in [0, 0.05) is 6.61 Å². The standard InChI is InChI=1S/4C4H9.C2H6O.ClH.H2O.2Sn/c4*1-3-4-2;1-2-3;;;;/h4*1,3-4H2,2H3;3H,2H2,1H3;1H;1H2;;/q;;;;;;;;+1/p-1. The molecule has 0 spiro atoms. The maximum Gasteiger partial charge on any atom is 0.0402 e. The van der Waals surface area contributed by atoms with Crippen LogP contribution < -0.4 is 0 Å². The van der Waals surface area contributed by atoms with Crippen molar-refractivity contribution in [3.05, 3.63) is 0 Å². The Morgan fingerprint density at radius 3 is 1.30 bits per heavy atom. The van der Waals surface area contributed by atoms with Crippen molar-refractivity contribution in [3.63, 3.8) is 0 Å². The van der Waals surface area contributed by atoms with Gasteiger partial charge in [-0.15, -0.1) is 0 Å². The Balaban J connectivity index is -0.000000130. The van der Waals surface area contributed by atoms with Gasteiger partial charge in [0.05, 0.1) is 0 Å². The molecule has 3 N–H and O–H groups in total. The van der Waals surface area contributed by atoms with Crippen LogP contribution in [0.2, 0.25) is 17.7 Å². The molecule has 0 aromatic heterocycles. The summed E-state index contributed by atoms with van der Waals surface area (Å²) in [5.74, 6) is 0. The zero-order valence-corrected chi connectivity index (χ0v) is 23.0. The Morgan fingerprint density at radius 1 is 0.739 bits per heavy atom. The van der Waals surface area contributed by atoms with E-state index in [1.807, 2.05) is 0 Å². The van der Waals surface area contributed by atoms with Gasteiger partial charge in [-0.2, -0.15) is 0 Å². The molecular formula is C18H44ClO2Sn2. The van der Waals surface area contributed by atoms with Gasteiger partial charge in [0.2, 0.25) is 0 Å². The SMILES string of the molecule is CCC[CH2][Sn]([Cl])[CH2]CCC.CCC[CH2][Sn][CH2]CCC.CCO.O. The van der Waals surface area contributed by atoms with Gasteiger partial charge in [-0.3, -0.25) is 0 Å². The van der Waals surface area contributed by atoms with E-state index in [2.05, 4.69) is 27.7 Å². The molecule has 0 aliphatic carbocycles. The molecule has 23 heavy (non-hydrogen) atoms. The molecule has 0 amide bonds. The van der Waals surface area contributed by atoms with E-state index in [0.717, 1.165) is 0 Å². The molecule has 0 saturated carbocycles. The van der Waals surface area contributed by atoms with Crippen molar-refractivity contribution in [2.75, 3.05) is 6.61 Å². The van der Waals surface area contributed by atoms with Gasteiger partial charge in [0.15, 0.2) is 0 Å². The predicted octanol–water partition coefficient (Wildman–Crippen LogP) is 6.12. The third-order valence-corrected chi connectivity index (χ3v) is 14.7. The fraction of sp³-hybridized carbons (Fsp3) is 1.00. The molecule has 143 valence electrons. The van der Waals surface area contributed by atoms with Crippen LogP contribution in [-0.2, 0) is 0 Å². The molecule has 0 atom stereocenters. The maximum absolute atomic E-state index is 7.57. The summed E-state index contributed by atoms with van der Waals surface area (Å²) in [7, 11) is 6.24. The maximum atomic E-state index is 7.57. The van der Waals surface area contributed by atoms with Crippen molar-refractivity contribution in [3.8, 4) is 0 Å². The van der Waals surface area contributed by atoms with Gasteiger partial charge >= 0.3 is 146 Å². The second kappa shape index (κ2) is 35.0. The summed E-state index contributed by atoms with van der Waals surface area (Å²) in [5, 5.41) is 7.57. The molecular weight excluding hydrogens is 521 g/mol. The van der Waals surface area contributed by atoms with Crippen molar-refractivity contribution in [2.45, 2.75) is 104 Å². The molecule has 2 nitrogen and oxygen atoms in total. The normalized spacial score (nSPS) is 9.39. The number of unbranched alkanes of at least 4 members (excludes halogenated alkanes) is 4. The van der Waals surface area contributed by atoms with E-state index in [0.29, 0.717) is 0 Å². The summed E-state index contributed by atoms with van der Waals surface area (Å²) < 4.78 is 6.06. The van der Waals surface area contributed by atoms with E-state index in [9.17, 15) is 0 Å². The number of aliphatic hydroxyl groups is 1. The van der Waals surface area contributed by atoms with Crippen LogP contribution in [0, 0.1) is 0 Å². The van der Waals surface area contributed by atoms with E-state index < -0.39 is 18.6 Å². The van der Waals surface area contributed by atoms with Crippen molar-refractivity contribution in [2.24, 2.45) is 0 Å². The zero-order valence-electron chi connectivity index (χ0n) is 16.5. The van der Waals surface area contributed by atoms with Crippen LogP contribution in [0.3, 0.4) is 0 Å². The fourth-order valence-electron chi connectivity index (χ4n) is 1.59. The largest absolute Gasteiger partial charge is 0.412 e. The average Bonchev–Trinajstić information content (AvgIpc) is 2.52. The number of aliphatic hydroxyl groups excluding tert-OH is 1. The van der Waals surface area contributed by atoms with Crippen LogP contribution in [0.1, 0.15) is 86.0 Å². The van der Waals surface area contributed by atoms with Gasteiger partial charge in [-0.1, -0.05) is 0 Å². The fourth-order valence-corrected chi connectivity index (χ4v) is 12.5. The van der Waals surface area contributed by atoms with Crippen molar-refractivity contribution >= 4 is 48.7 Å². The second-order valence-corrected chi connectivity index (χ2v) is 19.2. The van der Waals surface area contributed by atoms with Crippen LogP contribution in [0.5, 0.6) is 0 Å². The average molecular weight is 565 g/mol. The molecule has 0 bridgehead atoms. The first kappa shape index (κ1) is 32.5. The van der Waals surface area contributed by atoms with E-state index in [-0.39, 0.29) is 33.2 Å². The van der Waals surface area contributed by atoms with Crippen LogP contribution >= 0.6 is 8.92 Å². The first-order chi connectivity index (χ1) is 10.6. The molecule has 0 unspecified atom stereocenters. The Kier molecular flexibility index (Phi) is 49.4. The van der Waals surface area contributed by atoms with Gasteiger partial charge in [0.25, 0.3) is 0 Å². The summed E-state index contributed by atoms with van der Waals surface area (Å²) in [6, 6.07) is 0. The van der Waals surface area contributed by atoms with Gasteiger partial charge < -0.3 is 10.6 Å². The molecule has 0 aromatic carbocycles. The third kappa shape index (κ3) is 45.3. The van der Waals surface area contributed by atoms with E-state index in [1.54, 1.807) is 15.8 Å². The Morgan fingerprint density at radius 2 is 1.04 bits per heavy atom. The minimum Gasteiger partial charge on any atom is -0.412 e. The quantitative estimate of drug-likeness (QED) is 0.225. The summed E-state index contributed by atoms with van der Waals surface area (Å²) in [4.78, 5) is 0. The van der Waals surface area contributed by atoms with Crippen LogP contribution in [-0.4, -0.2) is 57.0 Å².